The van der Waals surface area contributed by atoms with E-state index in [0.717, 1.165) is 6.07 Å². The van der Waals surface area contributed by atoms with Gasteiger partial charge in [0, 0.05) is 25.0 Å². The summed E-state index contributed by atoms with van der Waals surface area (Å²) in [6.07, 6.45) is 3.30. The van der Waals surface area contributed by atoms with Gasteiger partial charge in [0.25, 0.3) is 5.91 Å². The molecule has 1 heterocycles. The number of rotatable bonds is 5. The van der Waals surface area contributed by atoms with Crippen molar-refractivity contribution >= 4 is 11.6 Å². The van der Waals surface area contributed by atoms with Crippen molar-refractivity contribution in [2.24, 2.45) is 5.73 Å². The lowest BCUT2D eigenvalue weighted by molar-refractivity contribution is 0.100. The fourth-order valence-corrected chi connectivity index (χ4v) is 1.84. The van der Waals surface area contributed by atoms with Gasteiger partial charge in [0.2, 0.25) is 0 Å². The van der Waals surface area contributed by atoms with Crippen LogP contribution in [0.1, 0.15) is 15.9 Å². The summed E-state index contributed by atoms with van der Waals surface area (Å²) in [6, 6.07) is 4.98. The molecule has 0 fully saturated rings. The van der Waals surface area contributed by atoms with E-state index < -0.39 is 17.5 Å². The van der Waals surface area contributed by atoms with E-state index in [0.29, 0.717) is 24.2 Å². The average molecular weight is 277 g/mol. The molecule has 2 aromatic rings. The van der Waals surface area contributed by atoms with Gasteiger partial charge in [-0.25, -0.2) is 8.78 Å². The SMILES string of the molecule is NC(=O)c1cnccc1NCCc1cc(F)cc(F)c1. The Morgan fingerprint density at radius 2 is 1.95 bits per heavy atom. The fraction of sp³-hybridized carbons (Fsp3) is 0.143. The minimum absolute atomic E-state index is 0.276. The molecule has 0 saturated heterocycles. The van der Waals surface area contributed by atoms with Crippen molar-refractivity contribution in [3.05, 3.63) is 59.4 Å². The van der Waals surface area contributed by atoms with Crippen molar-refractivity contribution in [2.75, 3.05) is 11.9 Å². The molecule has 0 aliphatic rings. The molecule has 1 amide bonds. The Labute approximate surface area is 114 Å². The molecule has 0 unspecified atom stereocenters. The summed E-state index contributed by atoms with van der Waals surface area (Å²) < 4.78 is 26.0. The first-order valence-electron chi connectivity index (χ1n) is 5.99. The number of primary amides is 1. The van der Waals surface area contributed by atoms with E-state index in [1.165, 1.54) is 24.5 Å². The van der Waals surface area contributed by atoms with E-state index in [-0.39, 0.29) is 5.56 Å². The maximum atomic E-state index is 13.0. The molecule has 1 aromatic carbocycles. The van der Waals surface area contributed by atoms with Crippen LogP contribution in [0.3, 0.4) is 0 Å². The normalized spacial score (nSPS) is 10.3. The maximum Gasteiger partial charge on any atom is 0.252 e. The first-order chi connectivity index (χ1) is 9.56. The zero-order chi connectivity index (χ0) is 14.5. The zero-order valence-electron chi connectivity index (χ0n) is 10.6. The van der Waals surface area contributed by atoms with Crippen LogP contribution in [-0.2, 0) is 6.42 Å². The number of nitrogens with two attached hydrogens (primary N) is 1. The van der Waals surface area contributed by atoms with E-state index in [1.807, 2.05) is 0 Å². The maximum absolute atomic E-state index is 13.0. The van der Waals surface area contributed by atoms with Gasteiger partial charge in [-0.1, -0.05) is 0 Å². The second-order valence-electron chi connectivity index (χ2n) is 4.24. The van der Waals surface area contributed by atoms with Crippen LogP contribution in [-0.4, -0.2) is 17.4 Å². The first-order valence-corrected chi connectivity index (χ1v) is 5.99. The lowest BCUT2D eigenvalue weighted by Crippen LogP contribution is -2.15. The predicted octanol–water partition coefficient (Wildman–Crippen LogP) is 2.11. The van der Waals surface area contributed by atoms with Crippen LogP contribution in [0, 0.1) is 11.6 Å². The molecular weight excluding hydrogens is 264 g/mol. The highest BCUT2D eigenvalue weighted by molar-refractivity contribution is 5.98. The van der Waals surface area contributed by atoms with Gasteiger partial charge < -0.3 is 11.1 Å². The number of anilines is 1. The topological polar surface area (TPSA) is 68.0 Å². The second kappa shape index (κ2) is 6.10. The van der Waals surface area contributed by atoms with Crippen LogP contribution >= 0.6 is 0 Å². The molecule has 0 atom stereocenters. The number of amides is 1. The number of hydrogen-bond donors (Lipinski definition) is 2. The quantitative estimate of drug-likeness (QED) is 0.879. The van der Waals surface area contributed by atoms with Gasteiger partial charge in [0.05, 0.1) is 11.3 Å². The van der Waals surface area contributed by atoms with Crippen molar-refractivity contribution in [1.29, 1.82) is 0 Å². The van der Waals surface area contributed by atoms with Crippen LogP contribution in [0.4, 0.5) is 14.5 Å². The van der Waals surface area contributed by atoms with Gasteiger partial charge in [0.1, 0.15) is 11.6 Å². The molecular formula is C14H13F2N3O. The number of nitrogens with one attached hydrogen (secondary N) is 1. The Morgan fingerprint density at radius 3 is 2.60 bits per heavy atom. The Balaban J connectivity index is 2.01. The molecule has 20 heavy (non-hydrogen) atoms. The highest BCUT2D eigenvalue weighted by atomic mass is 19.1. The summed E-state index contributed by atoms with van der Waals surface area (Å²) in [5.41, 5.74) is 6.57. The number of halogens is 2. The molecule has 104 valence electrons. The average Bonchev–Trinajstić information content (AvgIpc) is 2.38. The molecule has 0 spiro atoms. The number of hydrogen-bond acceptors (Lipinski definition) is 3. The van der Waals surface area contributed by atoms with Crippen molar-refractivity contribution < 1.29 is 13.6 Å². The molecule has 4 nitrogen and oxygen atoms in total. The van der Waals surface area contributed by atoms with Crippen molar-refractivity contribution in [3.63, 3.8) is 0 Å². The molecule has 1 aromatic heterocycles. The van der Waals surface area contributed by atoms with E-state index in [4.69, 9.17) is 5.73 Å². The molecule has 3 N–H and O–H groups in total. The number of nitrogens with zero attached hydrogens (tertiary/aromatic N) is 1. The third-order valence-corrected chi connectivity index (χ3v) is 2.74. The van der Waals surface area contributed by atoms with Gasteiger partial charge in [0.15, 0.2) is 0 Å². The van der Waals surface area contributed by atoms with Crippen LogP contribution in [0.15, 0.2) is 36.7 Å². The summed E-state index contributed by atoms with van der Waals surface area (Å²) in [5, 5.41) is 3.00. The molecule has 0 radical (unpaired) electrons. The van der Waals surface area contributed by atoms with Gasteiger partial charge in [-0.3, -0.25) is 9.78 Å². The number of benzene rings is 1. The summed E-state index contributed by atoms with van der Waals surface area (Å²) in [6.45, 7) is 0.410. The van der Waals surface area contributed by atoms with Crippen molar-refractivity contribution in [2.45, 2.75) is 6.42 Å². The third-order valence-electron chi connectivity index (χ3n) is 2.74. The monoisotopic (exact) mass is 277 g/mol. The van der Waals surface area contributed by atoms with Crippen molar-refractivity contribution in [3.8, 4) is 0 Å². The summed E-state index contributed by atoms with van der Waals surface area (Å²) in [4.78, 5) is 15.0. The predicted molar refractivity (Wildman–Crippen MR) is 71.3 cm³/mol. The van der Waals surface area contributed by atoms with E-state index >= 15 is 0 Å². The smallest absolute Gasteiger partial charge is 0.252 e. The number of aromatic nitrogens is 1. The number of carbonyl (C=O) groups excluding carboxylic acids is 1. The molecule has 0 bridgehead atoms. The lowest BCUT2D eigenvalue weighted by atomic mass is 10.1. The Kier molecular flexibility index (Phi) is 4.24. The van der Waals surface area contributed by atoms with Crippen LogP contribution in [0.2, 0.25) is 0 Å². The largest absolute Gasteiger partial charge is 0.384 e. The lowest BCUT2D eigenvalue weighted by Gasteiger charge is -2.09. The van der Waals surface area contributed by atoms with E-state index in [1.54, 1.807) is 6.07 Å². The standard InChI is InChI=1S/C14H13F2N3O/c15-10-5-9(6-11(16)7-10)1-4-19-13-2-3-18-8-12(13)14(17)20/h2-3,5-8H,1,4H2,(H2,17,20)(H,18,19). The van der Waals surface area contributed by atoms with Crippen LogP contribution < -0.4 is 11.1 Å². The van der Waals surface area contributed by atoms with Crippen LogP contribution in [0.5, 0.6) is 0 Å². The van der Waals surface area contributed by atoms with Crippen LogP contribution in [0.25, 0.3) is 0 Å². The van der Waals surface area contributed by atoms with E-state index in [9.17, 15) is 13.6 Å². The summed E-state index contributed by atoms with van der Waals surface area (Å²) in [5.74, 6) is -1.80. The van der Waals surface area contributed by atoms with Gasteiger partial charge in [-0.2, -0.15) is 0 Å². The third kappa shape index (κ3) is 3.50. The Bertz CT molecular complexity index is 611. The molecule has 0 aliphatic heterocycles. The summed E-state index contributed by atoms with van der Waals surface area (Å²) >= 11 is 0. The van der Waals surface area contributed by atoms with Gasteiger partial charge in [-0.05, 0) is 30.2 Å². The minimum Gasteiger partial charge on any atom is -0.384 e. The highest BCUT2D eigenvalue weighted by Gasteiger charge is 2.07. The minimum atomic E-state index is -0.610. The molecule has 0 aliphatic carbocycles. The van der Waals surface area contributed by atoms with Crippen molar-refractivity contribution in [1.82, 2.24) is 4.98 Å². The summed E-state index contributed by atoms with van der Waals surface area (Å²) in [7, 11) is 0. The second-order valence-corrected chi connectivity index (χ2v) is 4.24. The fourth-order valence-electron chi connectivity index (χ4n) is 1.84. The zero-order valence-corrected chi connectivity index (χ0v) is 10.6. The Hall–Kier alpha value is -2.50. The number of pyridine rings is 1. The molecule has 0 saturated carbocycles. The molecule has 2 rings (SSSR count). The Morgan fingerprint density at radius 1 is 1.25 bits per heavy atom. The molecule has 6 heteroatoms. The first kappa shape index (κ1) is 13.9. The highest BCUT2D eigenvalue weighted by Crippen LogP contribution is 2.13. The van der Waals surface area contributed by atoms with E-state index in [2.05, 4.69) is 10.3 Å². The van der Waals surface area contributed by atoms with Gasteiger partial charge >= 0.3 is 0 Å². The van der Waals surface area contributed by atoms with Gasteiger partial charge in [-0.15, -0.1) is 0 Å². The number of carbonyl (C=O) groups is 1.